The topological polar surface area (TPSA) is 46.9 Å². The van der Waals surface area contributed by atoms with Gasteiger partial charge in [0.2, 0.25) is 5.95 Å². The van der Waals surface area contributed by atoms with Crippen LogP contribution >= 0.6 is 0 Å². The Hall–Kier alpha value is -2.62. The largest absolute Gasteiger partial charge is 0.326 e. The quantitative estimate of drug-likeness (QED) is 0.791. The zero-order valence-electron chi connectivity index (χ0n) is 11.2. The van der Waals surface area contributed by atoms with Crippen molar-refractivity contribution >= 4 is 22.5 Å². The Balaban J connectivity index is 2.18. The molecule has 0 saturated carbocycles. The van der Waals surface area contributed by atoms with E-state index in [-0.39, 0.29) is 5.56 Å². The van der Waals surface area contributed by atoms with Crippen LogP contribution in [-0.4, -0.2) is 9.55 Å². The van der Waals surface area contributed by atoms with Gasteiger partial charge in [-0.3, -0.25) is 4.79 Å². The van der Waals surface area contributed by atoms with Crippen molar-refractivity contribution < 1.29 is 0 Å². The minimum atomic E-state index is -0.205. The third-order valence-electron chi connectivity index (χ3n) is 3.23. The van der Waals surface area contributed by atoms with Gasteiger partial charge in [0.05, 0.1) is 10.9 Å². The Morgan fingerprint density at radius 2 is 1.75 bits per heavy atom. The first-order valence-corrected chi connectivity index (χ1v) is 6.61. The Kier molecular flexibility index (Phi) is 3.21. The van der Waals surface area contributed by atoms with Crippen LogP contribution in [0.2, 0.25) is 0 Å². The van der Waals surface area contributed by atoms with E-state index >= 15 is 0 Å². The van der Waals surface area contributed by atoms with Crippen molar-refractivity contribution in [1.82, 2.24) is 9.55 Å². The van der Waals surface area contributed by atoms with E-state index in [0.717, 1.165) is 17.7 Å². The number of para-hydroxylation sites is 2. The third kappa shape index (κ3) is 2.16. The van der Waals surface area contributed by atoms with E-state index in [9.17, 15) is 4.79 Å². The molecule has 0 aliphatic rings. The maximum absolute atomic E-state index is 12.1. The Morgan fingerprint density at radius 1 is 1.05 bits per heavy atom. The monoisotopic (exact) mass is 265 g/mol. The maximum atomic E-state index is 12.1. The number of nitrogens with zero attached hydrogens (tertiary/aromatic N) is 2. The molecular weight excluding hydrogens is 250 g/mol. The molecule has 20 heavy (non-hydrogen) atoms. The van der Waals surface area contributed by atoms with Gasteiger partial charge in [-0.15, -0.1) is 0 Å². The molecule has 1 aromatic heterocycles. The average molecular weight is 265 g/mol. The molecule has 0 fully saturated rings. The lowest BCUT2D eigenvalue weighted by Gasteiger charge is -2.15. The summed E-state index contributed by atoms with van der Waals surface area (Å²) in [5.41, 5.74) is 1.61. The van der Waals surface area contributed by atoms with E-state index in [1.165, 1.54) is 0 Å². The van der Waals surface area contributed by atoms with E-state index in [4.69, 9.17) is 0 Å². The first-order chi connectivity index (χ1) is 9.79. The van der Waals surface area contributed by atoms with Gasteiger partial charge in [-0.1, -0.05) is 30.3 Å². The minimum Gasteiger partial charge on any atom is -0.326 e. The van der Waals surface area contributed by atoms with Crippen LogP contribution in [0.1, 0.15) is 6.92 Å². The molecule has 0 aliphatic heterocycles. The summed E-state index contributed by atoms with van der Waals surface area (Å²) in [6.45, 7) is 2.78. The maximum Gasteiger partial charge on any atom is 0.282 e. The van der Waals surface area contributed by atoms with E-state index in [0.29, 0.717) is 11.3 Å². The highest BCUT2D eigenvalue weighted by atomic mass is 16.1. The first-order valence-electron chi connectivity index (χ1n) is 6.61. The summed E-state index contributed by atoms with van der Waals surface area (Å²) < 4.78 is 2.00. The molecule has 3 aromatic rings. The van der Waals surface area contributed by atoms with Crippen molar-refractivity contribution in [3.05, 3.63) is 65.0 Å². The van der Waals surface area contributed by atoms with Crippen LogP contribution in [0.15, 0.2) is 59.4 Å². The summed E-state index contributed by atoms with van der Waals surface area (Å²) in [6.07, 6.45) is 0. The number of anilines is 2. The zero-order valence-corrected chi connectivity index (χ0v) is 11.2. The van der Waals surface area contributed by atoms with Crippen LogP contribution in [-0.2, 0) is 6.54 Å². The van der Waals surface area contributed by atoms with Gasteiger partial charge in [-0.05, 0) is 31.2 Å². The van der Waals surface area contributed by atoms with Crippen LogP contribution in [0, 0.1) is 0 Å². The fourth-order valence-electron chi connectivity index (χ4n) is 2.29. The molecule has 0 atom stereocenters. The molecule has 0 aliphatic carbocycles. The summed E-state index contributed by atoms with van der Waals surface area (Å²) >= 11 is 0. The number of fused-ring (bicyclic) bond motifs is 1. The highest BCUT2D eigenvalue weighted by molar-refractivity contribution is 5.79. The summed E-state index contributed by atoms with van der Waals surface area (Å²) in [5, 5.41) is 3.85. The average Bonchev–Trinajstić information content (AvgIpc) is 2.49. The van der Waals surface area contributed by atoms with E-state index in [2.05, 4.69) is 10.3 Å². The second-order valence-electron chi connectivity index (χ2n) is 4.49. The van der Waals surface area contributed by atoms with Gasteiger partial charge < -0.3 is 9.88 Å². The van der Waals surface area contributed by atoms with Crippen molar-refractivity contribution in [1.29, 1.82) is 0 Å². The number of hydrogen-bond donors (Lipinski definition) is 1. The lowest BCUT2D eigenvalue weighted by molar-refractivity contribution is 0.776. The first kappa shape index (κ1) is 12.4. The fourth-order valence-corrected chi connectivity index (χ4v) is 2.29. The molecule has 2 aromatic carbocycles. The molecule has 4 nitrogen and oxygen atoms in total. The number of aromatic nitrogens is 2. The van der Waals surface area contributed by atoms with Gasteiger partial charge in [-0.25, -0.2) is 0 Å². The van der Waals surface area contributed by atoms with E-state index in [1.54, 1.807) is 0 Å². The lowest BCUT2D eigenvalue weighted by Crippen LogP contribution is -2.17. The van der Waals surface area contributed by atoms with E-state index < -0.39 is 0 Å². The second-order valence-corrected chi connectivity index (χ2v) is 4.49. The van der Waals surface area contributed by atoms with Crippen molar-refractivity contribution in [2.24, 2.45) is 0 Å². The van der Waals surface area contributed by atoms with Crippen LogP contribution < -0.4 is 10.9 Å². The summed E-state index contributed by atoms with van der Waals surface area (Å²) in [5.74, 6) is 0.572. The number of aryl methyl sites for hydroxylation is 1. The van der Waals surface area contributed by atoms with Crippen LogP contribution in [0.5, 0.6) is 0 Å². The molecule has 0 bridgehead atoms. The molecule has 100 valence electrons. The highest BCUT2D eigenvalue weighted by Crippen LogP contribution is 2.18. The summed E-state index contributed by atoms with van der Waals surface area (Å²) in [4.78, 5) is 16.3. The molecule has 3 rings (SSSR count). The van der Waals surface area contributed by atoms with Crippen LogP contribution in [0.4, 0.5) is 11.6 Å². The molecular formula is C16H15N3O. The zero-order chi connectivity index (χ0) is 13.9. The number of rotatable bonds is 3. The Labute approximate surface area is 116 Å². The van der Waals surface area contributed by atoms with Crippen molar-refractivity contribution in [2.75, 3.05) is 5.32 Å². The molecule has 0 saturated heterocycles. The van der Waals surface area contributed by atoms with Crippen molar-refractivity contribution in [3.63, 3.8) is 0 Å². The molecule has 4 heteroatoms. The molecule has 1 N–H and O–H groups in total. The predicted molar refractivity (Wildman–Crippen MR) is 81.4 cm³/mol. The Morgan fingerprint density at radius 3 is 2.50 bits per heavy atom. The third-order valence-corrected chi connectivity index (χ3v) is 3.23. The van der Waals surface area contributed by atoms with Crippen molar-refractivity contribution in [2.45, 2.75) is 13.5 Å². The molecule has 1 heterocycles. The second kappa shape index (κ2) is 5.17. The Bertz CT molecular complexity index is 794. The van der Waals surface area contributed by atoms with Gasteiger partial charge in [0.15, 0.2) is 0 Å². The predicted octanol–water partition coefficient (Wildman–Crippen LogP) is 3.16. The smallest absolute Gasteiger partial charge is 0.282 e. The van der Waals surface area contributed by atoms with Gasteiger partial charge in [-0.2, -0.15) is 4.98 Å². The SMILES string of the molecule is CCn1c(Nc2ccccc2)nc(=O)c2ccccc21. The van der Waals surface area contributed by atoms with Gasteiger partial charge >= 0.3 is 0 Å². The normalized spacial score (nSPS) is 10.7. The van der Waals surface area contributed by atoms with Gasteiger partial charge in [0.25, 0.3) is 5.56 Å². The molecule has 0 radical (unpaired) electrons. The van der Waals surface area contributed by atoms with Gasteiger partial charge in [0, 0.05) is 12.2 Å². The summed E-state index contributed by atoms with van der Waals surface area (Å²) in [6, 6.07) is 17.3. The standard InChI is InChI=1S/C16H15N3O/c1-2-19-14-11-7-6-10-13(14)15(20)18-16(19)17-12-8-4-3-5-9-12/h3-11H,2H2,1H3,(H,17,18,20). The van der Waals surface area contributed by atoms with Gasteiger partial charge in [0.1, 0.15) is 0 Å². The summed E-state index contributed by atoms with van der Waals surface area (Å²) in [7, 11) is 0. The number of benzene rings is 2. The van der Waals surface area contributed by atoms with Crippen LogP contribution in [0.25, 0.3) is 10.9 Å². The number of hydrogen-bond acceptors (Lipinski definition) is 3. The molecule has 0 amide bonds. The molecule has 0 spiro atoms. The lowest BCUT2D eigenvalue weighted by atomic mass is 10.2. The minimum absolute atomic E-state index is 0.205. The number of nitrogens with one attached hydrogen (secondary N) is 1. The van der Waals surface area contributed by atoms with Crippen molar-refractivity contribution in [3.8, 4) is 0 Å². The van der Waals surface area contributed by atoms with Crippen LogP contribution in [0.3, 0.4) is 0 Å². The highest BCUT2D eigenvalue weighted by Gasteiger charge is 2.09. The fraction of sp³-hybridized carbons (Fsp3) is 0.125. The van der Waals surface area contributed by atoms with E-state index in [1.807, 2.05) is 66.1 Å². The molecule has 0 unspecified atom stereocenters.